The van der Waals surface area contributed by atoms with Gasteiger partial charge in [0, 0.05) is 7.11 Å². The van der Waals surface area contributed by atoms with Gasteiger partial charge in [-0.25, -0.2) is 4.39 Å². The van der Waals surface area contributed by atoms with Gasteiger partial charge in [0.1, 0.15) is 18.1 Å². The summed E-state index contributed by atoms with van der Waals surface area (Å²) in [4.78, 5) is 0. The monoisotopic (exact) mass is 293 g/mol. The highest BCUT2D eigenvalue weighted by Crippen LogP contribution is 2.27. The SMILES string of the molecule is CCNC(c1ccc(OC)c(F)c1)c1ccc(COC)o1. The molecule has 2 aromatic rings. The van der Waals surface area contributed by atoms with Crippen LogP contribution < -0.4 is 10.1 Å². The quantitative estimate of drug-likeness (QED) is 0.851. The number of furan rings is 1. The first-order valence-electron chi connectivity index (χ1n) is 6.84. The van der Waals surface area contributed by atoms with E-state index in [0.29, 0.717) is 6.61 Å². The first kappa shape index (κ1) is 15.5. The number of methoxy groups -OCH3 is 2. The molecule has 0 fully saturated rings. The second-order valence-corrected chi connectivity index (χ2v) is 4.62. The minimum atomic E-state index is -0.387. The Bertz CT molecular complexity index is 583. The maximum Gasteiger partial charge on any atom is 0.165 e. The third-order valence-corrected chi connectivity index (χ3v) is 3.17. The summed E-state index contributed by atoms with van der Waals surface area (Å²) in [6.07, 6.45) is 0. The van der Waals surface area contributed by atoms with Crippen LogP contribution in [0.25, 0.3) is 0 Å². The van der Waals surface area contributed by atoms with Gasteiger partial charge in [-0.1, -0.05) is 13.0 Å². The Labute approximate surface area is 123 Å². The Morgan fingerprint density at radius 1 is 1.24 bits per heavy atom. The van der Waals surface area contributed by atoms with E-state index < -0.39 is 0 Å². The lowest BCUT2D eigenvalue weighted by Gasteiger charge is -2.17. The predicted molar refractivity (Wildman–Crippen MR) is 77.9 cm³/mol. The highest BCUT2D eigenvalue weighted by atomic mass is 19.1. The van der Waals surface area contributed by atoms with E-state index in [1.165, 1.54) is 13.2 Å². The van der Waals surface area contributed by atoms with Gasteiger partial charge in [0.05, 0.1) is 13.2 Å². The zero-order chi connectivity index (χ0) is 15.2. The minimum Gasteiger partial charge on any atom is -0.494 e. The third kappa shape index (κ3) is 3.62. The highest BCUT2D eigenvalue weighted by Gasteiger charge is 2.18. The summed E-state index contributed by atoms with van der Waals surface area (Å²) in [5.74, 6) is 1.31. The molecule has 114 valence electrons. The first-order chi connectivity index (χ1) is 10.2. The van der Waals surface area contributed by atoms with Crippen LogP contribution in [0.5, 0.6) is 5.75 Å². The lowest BCUT2D eigenvalue weighted by Crippen LogP contribution is -2.21. The second-order valence-electron chi connectivity index (χ2n) is 4.62. The Kier molecular flexibility index (Phi) is 5.36. The molecule has 0 aliphatic rings. The molecule has 0 saturated carbocycles. The molecule has 1 unspecified atom stereocenters. The molecule has 1 aromatic heterocycles. The molecule has 0 aliphatic carbocycles. The molecule has 1 atom stereocenters. The van der Waals surface area contributed by atoms with Gasteiger partial charge < -0.3 is 19.2 Å². The summed E-state index contributed by atoms with van der Waals surface area (Å²) in [5, 5.41) is 3.29. The van der Waals surface area contributed by atoms with Crippen molar-refractivity contribution in [2.75, 3.05) is 20.8 Å². The average molecular weight is 293 g/mol. The fourth-order valence-corrected chi connectivity index (χ4v) is 2.22. The molecular formula is C16H20FNO3. The lowest BCUT2D eigenvalue weighted by molar-refractivity contribution is 0.162. The molecule has 1 aromatic carbocycles. The van der Waals surface area contributed by atoms with Gasteiger partial charge >= 0.3 is 0 Å². The minimum absolute atomic E-state index is 0.207. The van der Waals surface area contributed by atoms with Crippen molar-refractivity contribution in [3.05, 3.63) is 53.2 Å². The van der Waals surface area contributed by atoms with Crippen molar-refractivity contribution < 1.29 is 18.3 Å². The molecule has 4 nitrogen and oxygen atoms in total. The summed E-state index contributed by atoms with van der Waals surface area (Å²) >= 11 is 0. The van der Waals surface area contributed by atoms with Crippen molar-refractivity contribution in [1.82, 2.24) is 5.32 Å². The van der Waals surface area contributed by atoms with E-state index in [-0.39, 0.29) is 17.6 Å². The zero-order valence-electron chi connectivity index (χ0n) is 12.5. The Morgan fingerprint density at radius 3 is 2.67 bits per heavy atom. The van der Waals surface area contributed by atoms with Crippen molar-refractivity contribution >= 4 is 0 Å². The van der Waals surface area contributed by atoms with Crippen molar-refractivity contribution in [2.45, 2.75) is 19.6 Å². The van der Waals surface area contributed by atoms with E-state index in [9.17, 15) is 4.39 Å². The Balaban J connectivity index is 2.30. The molecular weight excluding hydrogens is 273 g/mol. The van der Waals surface area contributed by atoms with Crippen LogP contribution in [-0.2, 0) is 11.3 Å². The number of halogens is 1. The largest absolute Gasteiger partial charge is 0.494 e. The summed E-state index contributed by atoms with van der Waals surface area (Å²) in [5.41, 5.74) is 0.786. The Morgan fingerprint density at radius 2 is 2.05 bits per heavy atom. The first-order valence-corrected chi connectivity index (χ1v) is 6.84. The van der Waals surface area contributed by atoms with Crippen molar-refractivity contribution in [2.24, 2.45) is 0 Å². The van der Waals surface area contributed by atoms with Crippen molar-refractivity contribution in [3.63, 3.8) is 0 Å². The number of hydrogen-bond acceptors (Lipinski definition) is 4. The zero-order valence-corrected chi connectivity index (χ0v) is 12.5. The number of ether oxygens (including phenoxy) is 2. The maximum absolute atomic E-state index is 13.9. The standard InChI is InChI=1S/C16H20FNO3/c1-4-18-16(15-8-6-12(21-15)10-19-2)11-5-7-14(20-3)13(17)9-11/h5-9,16,18H,4,10H2,1-3H3. The van der Waals surface area contributed by atoms with Crippen LogP contribution in [-0.4, -0.2) is 20.8 Å². The van der Waals surface area contributed by atoms with Crippen LogP contribution in [0.3, 0.4) is 0 Å². The number of benzene rings is 1. The van der Waals surface area contributed by atoms with Crippen LogP contribution >= 0.6 is 0 Å². The lowest BCUT2D eigenvalue weighted by atomic mass is 10.0. The van der Waals surface area contributed by atoms with E-state index in [4.69, 9.17) is 13.9 Å². The third-order valence-electron chi connectivity index (χ3n) is 3.17. The molecule has 5 heteroatoms. The summed E-state index contributed by atoms with van der Waals surface area (Å²) < 4.78 is 29.6. The smallest absolute Gasteiger partial charge is 0.165 e. The predicted octanol–water partition coefficient (Wildman–Crippen LogP) is 3.27. The molecule has 2 rings (SSSR count). The maximum atomic E-state index is 13.9. The van der Waals surface area contributed by atoms with Gasteiger partial charge in [0.2, 0.25) is 0 Å². The van der Waals surface area contributed by atoms with E-state index in [2.05, 4.69) is 5.32 Å². The van der Waals surface area contributed by atoms with Crippen LogP contribution in [0.4, 0.5) is 4.39 Å². The van der Waals surface area contributed by atoms with Crippen LogP contribution in [0.1, 0.15) is 30.0 Å². The van der Waals surface area contributed by atoms with E-state index >= 15 is 0 Å². The second kappa shape index (κ2) is 7.24. The molecule has 0 radical (unpaired) electrons. The molecule has 1 N–H and O–H groups in total. The van der Waals surface area contributed by atoms with Crippen LogP contribution in [0.2, 0.25) is 0 Å². The van der Waals surface area contributed by atoms with Gasteiger partial charge in [0.15, 0.2) is 11.6 Å². The van der Waals surface area contributed by atoms with Crippen molar-refractivity contribution in [3.8, 4) is 5.75 Å². The fourth-order valence-electron chi connectivity index (χ4n) is 2.22. The normalized spacial score (nSPS) is 12.4. The average Bonchev–Trinajstić information content (AvgIpc) is 2.93. The van der Waals surface area contributed by atoms with Gasteiger partial charge in [-0.2, -0.15) is 0 Å². The van der Waals surface area contributed by atoms with Crippen molar-refractivity contribution in [1.29, 1.82) is 0 Å². The molecule has 0 amide bonds. The Hall–Kier alpha value is -1.85. The highest BCUT2D eigenvalue weighted by molar-refractivity contribution is 5.34. The summed E-state index contributed by atoms with van der Waals surface area (Å²) in [6, 6.07) is 8.44. The number of rotatable bonds is 7. The van der Waals surface area contributed by atoms with E-state index in [1.807, 2.05) is 25.1 Å². The summed E-state index contributed by atoms with van der Waals surface area (Å²) in [7, 11) is 3.06. The molecule has 0 saturated heterocycles. The van der Waals surface area contributed by atoms with Gasteiger partial charge in [-0.15, -0.1) is 0 Å². The molecule has 0 aliphatic heterocycles. The fraction of sp³-hybridized carbons (Fsp3) is 0.375. The molecule has 0 spiro atoms. The van der Waals surface area contributed by atoms with E-state index in [0.717, 1.165) is 23.6 Å². The number of hydrogen-bond donors (Lipinski definition) is 1. The molecule has 21 heavy (non-hydrogen) atoms. The van der Waals surface area contributed by atoms with Gasteiger partial charge in [-0.3, -0.25) is 0 Å². The summed E-state index contributed by atoms with van der Waals surface area (Å²) in [6.45, 7) is 3.14. The molecule has 0 bridgehead atoms. The van der Waals surface area contributed by atoms with Crippen LogP contribution in [0.15, 0.2) is 34.7 Å². The van der Waals surface area contributed by atoms with Gasteiger partial charge in [-0.05, 0) is 36.4 Å². The molecule has 1 heterocycles. The van der Waals surface area contributed by atoms with Crippen LogP contribution in [0, 0.1) is 5.82 Å². The van der Waals surface area contributed by atoms with Gasteiger partial charge in [0.25, 0.3) is 0 Å². The topological polar surface area (TPSA) is 43.6 Å². The number of nitrogens with one attached hydrogen (secondary N) is 1. The van der Waals surface area contributed by atoms with E-state index in [1.54, 1.807) is 13.2 Å².